The Kier molecular flexibility index (Phi) is 2.48. The molecule has 1 unspecified atom stereocenters. The Morgan fingerprint density at radius 1 is 1.50 bits per heavy atom. The summed E-state index contributed by atoms with van der Waals surface area (Å²) in [4.78, 5) is 0. The van der Waals surface area contributed by atoms with E-state index >= 15 is 0 Å². The molecule has 1 radical (unpaired) electrons. The van der Waals surface area contributed by atoms with E-state index in [1.54, 1.807) is 7.11 Å². The van der Waals surface area contributed by atoms with Gasteiger partial charge in [-0.25, -0.2) is 0 Å². The number of hydrogen-bond acceptors (Lipinski definition) is 1. The molecule has 0 saturated heterocycles. The second-order valence-electron chi connectivity index (χ2n) is 2.71. The van der Waals surface area contributed by atoms with Gasteiger partial charge in [-0.15, -0.1) is 0 Å². The molecule has 0 rings (SSSR count). The van der Waals surface area contributed by atoms with Gasteiger partial charge in [-0.2, -0.15) is 0 Å². The van der Waals surface area contributed by atoms with Crippen molar-refractivity contribution >= 4 is 0 Å². The van der Waals surface area contributed by atoms with Crippen LogP contribution in [0.25, 0.3) is 0 Å². The molecule has 1 atom stereocenters. The summed E-state index contributed by atoms with van der Waals surface area (Å²) >= 11 is 0. The van der Waals surface area contributed by atoms with E-state index in [0.717, 1.165) is 0 Å². The summed E-state index contributed by atoms with van der Waals surface area (Å²) < 4.78 is 5.14. The fraction of sp³-hybridized carbons (Fsp3) is 0.857. The first-order valence-electron chi connectivity index (χ1n) is 2.89. The summed E-state index contributed by atoms with van der Waals surface area (Å²) in [6, 6.07) is 0. The molecular weight excluding hydrogens is 100 g/mol. The lowest BCUT2D eigenvalue weighted by Crippen LogP contribution is -2.29. The zero-order valence-electron chi connectivity index (χ0n) is 6.19. The van der Waals surface area contributed by atoms with Gasteiger partial charge in [-0.1, -0.05) is 6.92 Å². The minimum atomic E-state index is -0.0694. The van der Waals surface area contributed by atoms with E-state index in [2.05, 4.69) is 6.92 Å². The number of hydrogen-bond donors (Lipinski definition) is 0. The zero-order valence-corrected chi connectivity index (χ0v) is 6.19. The Morgan fingerprint density at radius 2 is 1.88 bits per heavy atom. The van der Waals surface area contributed by atoms with Crippen LogP contribution in [-0.2, 0) is 4.74 Å². The molecule has 0 aliphatic rings. The molecule has 1 nitrogen and oxygen atoms in total. The average molecular weight is 115 g/mol. The Balaban J connectivity index is 3.71. The van der Waals surface area contributed by atoms with E-state index in [1.165, 1.54) is 0 Å². The Bertz CT molecular complexity index is 64.8. The fourth-order valence-electron chi connectivity index (χ4n) is 0.201. The maximum absolute atomic E-state index is 5.14. The Morgan fingerprint density at radius 3 is 1.88 bits per heavy atom. The lowest BCUT2D eigenvalue weighted by atomic mass is 9.95. The normalized spacial score (nSPS) is 12.8. The smallest absolute Gasteiger partial charge is 0.0648 e. The zero-order chi connectivity index (χ0) is 6.78. The molecule has 0 aliphatic heterocycles. The lowest BCUT2D eigenvalue weighted by molar-refractivity contribution is -0.00748. The summed E-state index contributed by atoms with van der Waals surface area (Å²) in [5, 5.41) is 0. The molecule has 0 amide bonds. The molecular formula is C7H15O. The maximum atomic E-state index is 5.14. The van der Waals surface area contributed by atoms with Crippen LogP contribution < -0.4 is 0 Å². The summed E-state index contributed by atoms with van der Waals surface area (Å²) in [7, 11) is 1.71. The van der Waals surface area contributed by atoms with Crippen molar-refractivity contribution in [3.05, 3.63) is 6.92 Å². The molecule has 0 spiro atoms. The highest BCUT2D eigenvalue weighted by molar-refractivity contribution is 4.76. The second kappa shape index (κ2) is 2.49. The van der Waals surface area contributed by atoms with Crippen LogP contribution in [-0.4, -0.2) is 12.7 Å². The largest absolute Gasteiger partial charge is 0.379 e. The van der Waals surface area contributed by atoms with Gasteiger partial charge in [0.25, 0.3) is 0 Å². The minimum Gasteiger partial charge on any atom is -0.379 e. The summed E-state index contributed by atoms with van der Waals surface area (Å²) in [5.74, 6) is 0.340. The second-order valence-corrected chi connectivity index (χ2v) is 2.71. The van der Waals surface area contributed by atoms with Crippen LogP contribution in [0, 0.1) is 12.8 Å². The van der Waals surface area contributed by atoms with Crippen molar-refractivity contribution in [1.29, 1.82) is 0 Å². The molecule has 0 aliphatic carbocycles. The number of rotatable bonds is 2. The summed E-state index contributed by atoms with van der Waals surface area (Å²) in [5.41, 5.74) is -0.0694. The van der Waals surface area contributed by atoms with Gasteiger partial charge in [-0.05, 0) is 26.7 Å². The SMILES string of the molecule is [CH2]C(C)C(C)(C)OC. The number of methoxy groups -OCH3 is 1. The molecule has 0 saturated carbocycles. The van der Waals surface area contributed by atoms with Crippen molar-refractivity contribution in [3.63, 3.8) is 0 Å². The molecule has 0 aromatic carbocycles. The molecule has 0 bridgehead atoms. The predicted molar refractivity (Wildman–Crippen MR) is 35.6 cm³/mol. The highest BCUT2D eigenvalue weighted by Crippen LogP contribution is 2.17. The summed E-state index contributed by atoms with van der Waals surface area (Å²) in [6.45, 7) is 9.97. The first-order valence-corrected chi connectivity index (χ1v) is 2.89. The third kappa shape index (κ3) is 1.83. The fourth-order valence-corrected chi connectivity index (χ4v) is 0.201. The van der Waals surface area contributed by atoms with Gasteiger partial charge in [-0.3, -0.25) is 0 Å². The number of ether oxygens (including phenoxy) is 1. The quantitative estimate of drug-likeness (QED) is 0.534. The van der Waals surface area contributed by atoms with E-state index in [4.69, 9.17) is 4.74 Å². The maximum Gasteiger partial charge on any atom is 0.0648 e. The van der Waals surface area contributed by atoms with Crippen molar-refractivity contribution < 1.29 is 4.74 Å². The van der Waals surface area contributed by atoms with Crippen LogP contribution in [0.4, 0.5) is 0 Å². The molecule has 1 heteroatoms. The topological polar surface area (TPSA) is 9.23 Å². The molecule has 0 aromatic heterocycles. The molecule has 0 aromatic rings. The molecule has 49 valence electrons. The minimum absolute atomic E-state index is 0.0694. The van der Waals surface area contributed by atoms with Crippen LogP contribution in [0.1, 0.15) is 20.8 Å². The predicted octanol–water partition coefficient (Wildman–Crippen LogP) is 1.88. The lowest BCUT2D eigenvalue weighted by Gasteiger charge is -2.26. The van der Waals surface area contributed by atoms with Crippen molar-refractivity contribution in [2.24, 2.45) is 5.92 Å². The Hall–Kier alpha value is -0.0400. The first kappa shape index (κ1) is 7.96. The van der Waals surface area contributed by atoms with Crippen molar-refractivity contribution in [3.8, 4) is 0 Å². The Labute approximate surface area is 52.0 Å². The standard InChI is InChI=1S/C7H15O/c1-6(2)7(3,4)8-5/h6H,1H2,2-5H3. The van der Waals surface area contributed by atoms with Crippen molar-refractivity contribution in [1.82, 2.24) is 0 Å². The summed E-state index contributed by atoms with van der Waals surface area (Å²) in [6.07, 6.45) is 0. The van der Waals surface area contributed by atoms with E-state index in [0.29, 0.717) is 5.92 Å². The van der Waals surface area contributed by atoms with Crippen LogP contribution in [0.5, 0.6) is 0 Å². The third-order valence-electron chi connectivity index (χ3n) is 1.71. The van der Waals surface area contributed by atoms with Crippen LogP contribution in [0.15, 0.2) is 0 Å². The van der Waals surface area contributed by atoms with E-state index in [1.807, 2.05) is 20.8 Å². The van der Waals surface area contributed by atoms with E-state index in [-0.39, 0.29) is 5.60 Å². The molecule has 0 heterocycles. The van der Waals surface area contributed by atoms with Gasteiger partial charge in [0, 0.05) is 7.11 Å². The van der Waals surface area contributed by atoms with Crippen molar-refractivity contribution in [2.75, 3.05) is 7.11 Å². The highest BCUT2D eigenvalue weighted by atomic mass is 16.5. The molecule has 8 heavy (non-hydrogen) atoms. The molecule has 0 fully saturated rings. The average Bonchev–Trinajstić information content (AvgIpc) is 1.67. The van der Waals surface area contributed by atoms with Gasteiger partial charge in [0.15, 0.2) is 0 Å². The van der Waals surface area contributed by atoms with Crippen LogP contribution in [0.3, 0.4) is 0 Å². The van der Waals surface area contributed by atoms with Gasteiger partial charge in [0.1, 0.15) is 0 Å². The van der Waals surface area contributed by atoms with E-state index in [9.17, 15) is 0 Å². The van der Waals surface area contributed by atoms with Gasteiger partial charge in [0.2, 0.25) is 0 Å². The van der Waals surface area contributed by atoms with Gasteiger partial charge in [0.05, 0.1) is 5.60 Å². The van der Waals surface area contributed by atoms with E-state index < -0.39 is 0 Å². The molecule has 0 N–H and O–H groups in total. The first-order chi connectivity index (χ1) is 3.50. The van der Waals surface area contributed by atoms with Crippen LogP contribution >= 0.6 is 0 Å². The van der Waals surface area contributed by atoms with Crippen LogP contribution in [0.2, 0.25) is 0 Å². The monoisotopic (exact) mass is 115 g/mol. The van der Waals surface area contributed by atoms with Crippen molar-refractivity contribution in [2.45, 2.75) is 26.4 Å². The third-order valence-corrected chi connectivity index (χ3v) is 1.71. The van der Waals surface area contributed by atoms with Gasteiger partial charge < -0.3 is 4.74 Å². The van der Waals surface area contributed by atoms with Gasteiger partial charge >= 0.3 is 0 Å². The highest BCUT2D eigenvalue weighted by Gasteiger charge is 2.20.